The molecule has 2 nitrogen and oxygen atoms in total. The van der Waals surface area contributed by atoms with E-state index in [-0.39, 0.29) is 6.61 Å². The van der Waals surface area contributed by atoms with E-state index in [1.807, 2.05) is 60.7 Å². The highest BCUT2D eigenvalue weighted by molar-refractivity contribution is 7.89. The third-order valence-corrected chi connectivity index (χ3v) is 5.15. The number of aliphatic hydroxyl groups excluding tert-OH is 1. The van der Waals surface area contributed by atoms with Crippen LogP contribution in [0, 0.1) is 0 Å². The average Bonchev–Trinajstić information content (AvgIpc) is 2.59. The second-order valence-corrected chi connectivity index (χ2v) is 6.61. The molecule has 1 unspecified atom stereocenters. The summed E-state index contributed by atoms with van der Waals surface area (Å²) in [5.41, 5.74) is 1.73. The topological polar surface area (TPSA) is 37.3 Å². The Balaban J connectivity index is 2.47. The van der Waals surface area contributed by atoms with Crippen LogP contribution in [0.25, 0.3) is 5.57 Å². The largest absolute Gasteiger partial charge is 0.392 e. The molecule has 0 aliphatic rings. The maximum Gasteiger partial charge on any atom is 0.0812 e. The fraction of sp³-hybridized carbons (Fsp3) is 0.263. The van der Waals surface area contributed by atoms with Gasteiger partial charge in [-0.05, 0) is 36.1 Å². The third-order valence-electron chi connectivity index (χ3n) is 3.56. The van der Waals surface area contributed by atoms with Crippen molar-refractivity contribution in [2.24, 2.45) is 0 Å². The van der Waals surface area contributed by atoms with E-state index < -0.39 is 10.8 Å². The summed E-state index contributed by atoms with van der Waals surface area (Å²) in [4.78, 5) is 1.62. The summed E-state index contributed by atoms with van der Waals surface area (Å²) in [6.45, 7) is 2.02. The lowest BCUT2D eigenvalue weighted by Gasteiger charge is -2.14. The monoisotopic (exact) mass is 314 g/mol. The minimum atomic E-state index is -1.23. The summed E-state index contributed by atoms with van der Waals surface area (Å²) >= 11 is 0. The Morgan fingerprint density at radius 2 is 1.59 bits per heavy atom. The first-order valence-corrected chi connectivity index (χ1v) is 8.78. The number of benzene rings is 2. The van der Waals surface area contributed by atoms with Gasteiger partial charge in [-0.15, -0.1) is 0 Å². The van der Waals surface area contributed by atoms with E-state index in [9.17, 15) is 9.32 Å². The van der Waals surface area contributed by atoms with Crippen molar-refractivity contribution in [1.29, 1.82) is 0 Å². The Hall–Kier alpha value is -1.71. The predicted octanol–water partition coefficient (Wildman–Crippen LogP) is 4.39. The zero-order valence-electron chi connectivity index (χ0n) is 12.9. The van der Waals surface area contributed by atoms with Crippen LogP contribution < -0.4 is 0 Å². The first-order chi connectivity index (χ1) is 10.8. The molecule has 0 spiro atoms. The van der Waals surface area contributed by atoms with E-state index in [0.29, 0.717) is 0 Å². The van der Waals surface area contributed by atoms with Crippen molar-refractivity contribution in [2.45, 2.75) is 31.1 Å². The normalized spacial score (nSPS) is 13.5. The van der Waals surface area contributed by atoms with Crippen LogP contribution in [-0.4, -0.2) is 15.9 Å². The second kappa shape index (κ2) is 8.66. The molecule has 0 bridgehead atoms. The fourth-order valence-corrected chi connectivity index (χ4v) is 3.78. The molecule has 1 atom stereocenters. The number of aliphatic hydroxyl groups is 1. The summed E-state index contributed by atoms with van der Waals surface area (Å²) in [5, 5.41) is 9.85. The van der Waals surface area contributed by atoms with Crippen LogP contribution in [0.2, 0.25) is 0 Å². The van der Waals surface area contributed by atoms with Crippen LogP contribution in [0.5, 0.6) is 0 Å². The molecule has 22 heavy (non-hydrogen) atoms. The lowest BCUT2D eigenvalue weighted by Crippen LogP contribution is -2.04. The van der Waals surface area contributed by atoms with Gasteiger partial charge in [0.25, 0.3) is 0 Å². The molecule has 0 saturated heterocycles. The van der Waals surface area contributed by atoms with Crippen molar-refractivity contribution in [3.05, 3.63) is 71.1 Å². The number of unbranched alkanes of at least 4 members (excludes halogenated alkanes) is 1. The van der Waals surface area contributed by atoms with E-state index in [0.717, 1.165) is 40.2 Å². The summed E-state index contributed by atoms with van der Waals surface area (Å²) in [7, 11) is -1.23. The molecule has 2 rings (SSSR count). The highest BCUT2D eigenvalue weighted by Gasteiger charge is 2.16. The first kappa shape index (κ1) is 16.7. The smallest absolute Gasteiger partial charge is 0.0812 e. The Labute approximate surface area is 135 Å². The Morgan fingerprint density at radius 3 is 2.14 bits per heavy atom. The van der Waals surface area contributed by atoms with Gasteiger partial charge in [0.05, 0.1) is 17.4 Å². The SMILES string of the molecule is CCCC/C(=C(/CO)c1ccccc1)S(=O)c1ccccc1. The zero-order chi connectivity index (χ0) is 15.8. The number of hydrogen-bond donors (Lipinski definition) is 1. The molecule has 0 amide bonds. The fourth-order valence-electron chi connectivity index (χ4n) is 2.36. The van der Waals surface area contributed by atoms with E-state index >= 15 is 0 Å². The zero-order valence-corrected chi connectivity index (χ0v) is 13.7. The van der Waals surface area contributed by atoms with Crippen molar-refractivity contribution in [3.8, 4) is 0 Å². The minimum absolute atomic E-state index is 0.0956. The molecule has 0 aliphatic carbocycles. The van der Waals surface area contributed by atoms with Crippen molar-refractivity contribution in [2.75, 3.05) is 6.61 Å². The van der Waals surface area contributed by atoms with Crippen LogP contribution in [0.3, 0.4) is 0 Å². The van der Waals surface area contributed by atoms with E-state index in [1.165, 1.54) is 0 Å². The molecular formula is C19H22O2S. The summed E-state index contributed by atoms with van der Waals surface area (Å²) in [6.07, 6.45) is 2.73. The first-order valence-electron chi connectivity index (χ1n) is 7.63. The van der Waals surface area contributed by atoms with Crippen molar-refractivity contribution in [1.82, 2.24) is 0 Å². The number of allylic oxidation sites excluding steroid dienone is 1. The number of rotatable bonds is 7. The van der Waals surface area contributed by atoms with Crippen LogP contribution in [-0.2, 0) is 10.8 Å². The molecule has 2 aromatic rings. The van der Waals surface area contributed by atoms with Crippen molar-refractivity contribution in [3.63, 3.8) is 0 Å². The van der Waals surface area contributed by atoms with Crippen LogP contribution in [0.4, 0.5) is 0 Å². The van der Waals surface area contributed by atoms with E-state index in [2.05, 4.69) is 6.92 Å². The van der Waals surface area contributed by atoms with Gasteiger partial charge in [-0.3, -0.25) is 0 Å². The lowest BCUT2D eigenvalue weighted by molar-refractivity contribution is 0.349. The minimum Gasteiger partial charge on any atom is -0.392 e. The van der Waals surface area contributed by atoms with Crippen molar-refractivity contribution >= 4 is 16.4 Å². The molecule has 0 heterocycles. The molecular weight excluding hydrogens is 292 g/mol. The van der Waals surface area contributed by atoms with Gasteiger partial charge in [0, 0.05) is 9.80 Å². The van der Waals surface area contributed by atoms with Gasteiger partial charge < -0.3 is 5.11 Å². The van der Waals surface area contributed by atoms with E-state index in [4.69, 9.17) is 0 Å². The van der Waals surface area contributed by atoms with Crippen LogP contribution in [0.1, 0.15) is 31.7 Å². The van der Waals surface area contributed by atoms with Crippen LogP contribution >= 0.6 is 0 Å². The van der Waals surface area contributed by atoms with Gasteiger partial charge in [0.15, 0.2) is 0 Å². The highest BCUT2D eigenvalue weighted by atomic mass is 32.2. The van der Waals surface area contributed by atoms with Gasteiger partial charge in [0.2, 0.25) is 0 Å². The van der Waals surface area contributed by atoms with Crippen molar-refractivity contribution < 1.29 is 9.32 Å². The second-order valence-electron chi connectivity index (χ2n) is 5.11. The molecule has 0 fully saturated rings. The van der Waals surface area contributed by atoms with Gasteiger partial charge >= 0.3 is 0 Å². The Bertz CT molecular complexity index is 633. The van der Waals surface area contributed by atoms with Crippen LogP contribution in [0.15, 0.2) is 70.5 Å². The summed E-state index contributed by atoms with van der Waals surface area (Å²) in [5.74, 6) is 0. The average molecular weight is 314 g/mol. The Morgan fingerprint density at radius 1 is 1.00 bits per heavy atom. The molecule has 0 radical (unpaired) electrons. The maximum absolute atomic E-state index is 13.0. The quantitative estimate of drug-likeness (QED) is 0.823. The molecule has 0 aliphatic heterocycles. The molecule has 0 aromatic heterocycles. The summed E-state index contributed by atoms with van der Waals surface area (Å²) in [6, 6.07) is 19.2. The predicted molar refractivity (Wildman–Crippen MR) is 92.8 cm³/mol. The standard InChI is InChI=1S/C19H22O2S/c1-2-3-14-19(22(21)17-12-8-5-9-13-17)18(15-20)16-10-6-4-7-11-16/h4-13,20H,2-3,14-15H2,1H3/b19-18+. The third kappa shape index (κ3) is 4.15. The molecule has 1 N–H and O–H groups in total. The van der Waals surface area contributed by atoms with Gasteiger partial charge in [-0.2, -0.15) is 0 Å². The highest BCUT2D eigenvalue weighted by Crippen LogP contribution is 2.28. The summed E-state index contributed by atoms with van der Waals surface area (Å²) < 4.78 is 13.0. The molecule has 116 valence electrons. The molecule has 3 heteroatoms. The number of hydrogen-bond acceptors (Lipinski definition) is 2. The maximum atomic E-state index is 13.0. The molecule has 0 saturated carbocycles. The Kier molecular flexibility index (Phi) is 6.56. The lowest BCUT2D eigenvalue weighted by atomic mass is 10.0. The molecule has 2 aromatic carbocycles. The van der Waals surface area contributed by atoms with Gasteiger partial charge in [-0.1, -0.05) is 61.9 Å². The van der Waals surface area contributed by atoms with Gasteiger partial charge in [0.1, 0.15) is 0 Å². The van der Waals surface area contributed by atoms with E-state index in [1.54, 1.807) is 0 Å². The van der Waals surface area contributed by atoms with Gasteiger partial charge in [-0.25, -0.2) is 4.21 Å².